The van der Waals surface area contributed by atoms with Gasteiger partial charge in [-0.1, -0.05) is 18.2 Å². The molecule has 0 bridgehead atoms. The van der Waals surface area contributed by atoms with Gasteiger partial charge in [0.1, 0.15) is 0 Å². The van der Waals surface area contributed by atoms with Gasteiger partial charge < -0.3 is 15.1 Å². The molecule has 3 amide bonds. The number of urea groups is 1. The highest BCUT2D eigenvalue weighted by atomic mass is 19.4. The molecule has 0 saturated carbocycles. The zero-order valence-electron chi connectivity index (χ0n) is 14.4. The number of alkyl halides is 3. The largest absolute Gasteiger partial charge is 0.416 e. The molecule has 0 spiro atoms. The lowest BCUT2D eigenvalue weighted by Gasteiger charge is -2.24. The molecule has 8 heteroatoms. The molecular formula is C17H22F3N3O2. The van der Waals surface area contributed by atoms with Crippen LogP contribution in [0.15, 0.2) is 24.3 Å². The van der Waals surface area contributed by atoms with E-state index in [2.05, 4.69) is 5.32 Å². The molecular weight excluding hydrogens is 335 g/mol. The average Bonchev–Trinajstić information content (AvgIpc) is 2.87. The lowest BCUT2D eigenvalue weighted by Crippen LogP contribution is -2.44. The van der Waals surface area contributed by atoms with Crippen molar-refractivity contribution in [2.75, 3.05) is 13.6 Å². The molecule has 0 radical (unpaired) electrons. The molecule has 1 aromatic rings. The van der Waals surface area contributed by atoms with Crippen LogP contribution in [0.4, 0.5) is 18.0 Å². The molecule has 1 aliphatic rings. The van der Waals surface area contributed by atoms with Gasteiger partial charge in [-0.05, 0) is 25.5 Å². The number of hydrogen-bond donors (Lipinski definition) is 1. The summed E-state index contributed by atoms with van der Waals surface area (Å²) in [5.74, 6) is -0.0367. The van der Waals surface area contributed by atoms with Crippen LogP contribution in [0.1, 0.15) is 31.4 Å². The van der Waals surface area contributed by atoms with Crippen LogP contribution in [0, 0.1) is 0 Å². The van der Waals surface area contributed by atoms with Crippen LogP contribution in [0.5, 0.6) is 0 Å². The molecule has 1 saturated heterocycles. The van der Waals surface area contributed by atoms with Gasteiger partial charge in [0.2, 0.25) is 5.91 Å². The first-order valence-corrected chi connectivity index (χ1v) is 8.05. The molecule has 0 aliphatic carbocycles. The molecule has 138 valence electrons. The van der Waals surface area contributed by atoms with Gasteiger partial charge in [0.25, 0.3) is 0 Å². The second-order valence-electron chi connectivity index (χ2n) is 6.50. The minimum absolute atomic E-state index is 0.0268. The summed E-state index contributed by atoms with van der Waals surface area (Å²) in [5.41, 5.74) is -0.726. The number of carbonyl (C=O) groups excluding carboxylic acids is 2. The molecule has 25 heavy (non-hydrogen) atoms. The Bertz CT molecular complexity index is 646. The maximum Gasteiger partial charge on any atom is 0.416 e. The zero-order chi connectivity index (χ0) is 18.8. The second kappa shape index (κ2) is 7.33. The molecule has 0 aromatic heterocycles. The monoisotopic (exact) mass is 357 g/mol. The second-order valence-corrected chi connectivity index (χ2v) is 6.50. The third-order valence-corrected chi connectivity index (χ3v) is 4.19. The van der Waals surface area contributed by atoms with E-state index in [0.29, 0.717) is 6.54 Å². The number of hydrogen-bond acceptors (Lipinski definition) is 2. The fraction of sp³-hybridized carbons (Fsp3) is 0.529. The minimum atomic E-state index is -4.47. The fourth-order valence-corrected chi connectivity index (χ4v) is 2.87. The van der Waals surface area contributed by atoms with Crippen molar-refractivity contribution in [3.63, 3.8) is 0 Å². The first-order chi connectivity index (χ1) is 11.6. The van der Waals surface area contributed by atoms with Crippen LogP contribution in [0.3, 0.4) is 0 Å². The predicted octanol–water partition coefficient (Wildman–Crippen LogP) is 2.86. The van der Waals surface area contributed by atoms with Crippen molar-refractivity contribution in [3.05, 3.63) is 35.4 Å². The molecule has 1 fully saturated rings. The van der Waals surface area contributed by atoms with Gasteiger partial charge in [-0.25, -0.2) is 4.79 Å². The van der Waals surface area contributed by atoms with Gasteiger partial charge in [0, 0.05) is 32.6 Å². The van der Waals surface area contributed by atoms with Gasteiger partial charge >= 0.3 is 12.2 Å². The SMILES string of the molecule is CC(C)N1C[C@H](NC(=O)N(C)Cc2ccccc2C(F)(F)F)CC1=O. The molecule has 1 atom stereocenters. The molecule has 0 unspecified atom stereocenters. The topological polar surface area (TPSA) is 52.7 Å². The third kappa shape index (κ3) is 4.64. The van der Waals surface area contributed by atoms with E-state index in [1.54, 1.807) is 4.90 Å². The number of amides is 3. The Labute approximate surface area is 144 Å². The highest BCUT2D eigenvalue weighted by molar-refractivity contribution is 5.81. The van der Waals surface area contributed by atoms with E-state index in [1.165, 1.54) is 30.1 Å². The Morgan fingerprint density at radius 3 is 2.56 bits per heavy atom. The highest BCUT2D eigenvalue weighted by Crippen LogP contribution is 2.32. The maximum absolute atomic E-state index is 13.0. The number of rotatable bonds is 4. The van der Waals surface area contributed by atoms with Crippen LogP contribution in [0.25, 0.3) is 0 Å². The molecule has 5 nitrogen and oxygen atoms in total. The van der Waals surface area contributed by atoms with Crippen LogP contribution < -0.4 is 5.32 Å². The van der Waals surface area contributed by atoms with Gasteiger partial charge in [0.05, 0.1) is 11.6 Å². The van der Waals surface area contributed by atoms with Crippen molar-refractivity contribution < 1.29 is 22.8 Å². The number of carbonyl (C=O) groups is 2. The van der Waals surface area contributed by atoms with E-state index < -0.39 is 17.8 Å². The predicted molar refractivity (Wildman–Crippen MR) is 86.7 cm³/mol. The van der Waals surface area contributed by atoms with E-state index in [1.807, 2.05) is 13.8 Å². The van der Waals surface area contributed by atoms with E-state index in [9.17, 15) is 22.8 Å². The van der Waals surface area contributed by atoms with Crippen molar-refractivity contribution in [1.29, 1.82) is 0 Å². The highest BCUT2D eigenvalue weighted by Gasteiger charge is 2.34. The number of halogens is 3. The lowest BCUT2D eigenvalue weighted by molar-refractivity contribution is -0.138. The van der Waals surface area contributed by atoms with Crippen molar-refractivity contribution in [2.45, 2.75) is 45.1 Å². The minimum Gasteiger partial charge on any atom is -0.338 e. The Morgan fingerprint density at radius 1 is 1.36 bits per heavy atom. The average molecular weight is 357 g/mol. The summed E-state index contributed by atoms with van der Waals surface area (Å²) >= 11 is 0. The molecule has 1 heterocycles. The van der Waals surface area contributed by atoms with Crippen molar-refractivity contribution in [2.24, 2.45) is 0 Å². The number of nitrogens with zero attached hydrogens (tertiary/aromatic N) is 2. The van der Waals surface area contributed by atoms with Crippen molar-refractivity contribution in [1.82, 2.24) is 15.1 Å². The summed E-state index contributed by atoms with van der Waals surface area (Å²) in [6.07, 6.45) is -4.26. The van der Waals surface area contributed by atoms with Gasteiger partial charge in [-0.15, -0.1) is 0 Å². The summed E-state index contributed by atoms with van der Waals surface area (Å²) in [6.45, 7) is 4.02. The maximum atomic E-state index is 13.0. The third-order valence-electron chi connectivity index (χ3n) is 4.19. The van der Waals surface area contributed by atoms with Crippen LogP contribution in [-0.2, 0) is 17.5 Å². The zero-order valence-corrected chi connectivity index (χ0v) is 14.4. The van der Waals surface area contributed by atoms with Crippen LogP contribution in [0.2, 0.25) is 0 Å². The molecule has 2 rings (SSSR count). The summed E-state index contributed by atoms with van der Waals surface area (Å²) in [4.78, 5) is 27.0. The quantitative estimate of drug-likeness (QED) is 0.901. The number of nitrogens with one attached hydrogen (secondary N) is 1. The summed E-state index contributed by atoms with van der Waals surface area (Å²) in [6, 6.07) is 4.39. The first kappa shape index (κ1) is 19.1. The smallest absolute Gasteiger partial charge is 0.338 e. The van der Waals surface area contributed by atoms with Gasteiger partial charge in [0.15, 0.2) is 0 Å². The van der Waals surface area contributed by atoms with Crippen molar-refractivity contribution >= 4 is 11.9 Å². The van der Waals surface area contributed by atoms with E-state index in [0.717, 1.165) is 6.07 Å². The summed E-state index contributed by atoms with van der Waals surface area (Å²) < 4.78 is 39.1. The summed E-state index contributed by atoms with van der Waals surface area (Å²) in [5, 5.41) is 2.72. The lowest BCUT2D eigenvalue weighted by atomic mass is 10.1. The fourth-order valence-electron chi connectivity index (χ4n) is 2.87. The molecule has 1 aliphatic heterocycles. The standard InChI is InChI=1S/C17H22F3N3O2/c1-11(2)23-10-13(8-15(23)24)21-16(25)22(3)9-12-6-4-5-7-14(12)17(18,19)20/h4-7,11,13H,8-10H2,1-3H3,(H,21,25)/t13-/m1/s1. The van der Waals surface area contributed by atoms with E-state index >= 15 is 0 Å². The van der Waals surface area contributed by atoms with Crippen LogP contribution >= 0.6 is 0 Å². The normalized spacial score (nSPS) is 18.0. The first-order valence-electron chi connectivity index (χ1n) is 8.05. The number of likely N-dealkylation sites (tertiary alicyclic amines) is 1. The summed E-state index contributed by atoms with van der Waals surface area (Å²) in [7, 11) is 1.43. The molecule has 1 aromatic carbocycles. The Balaban J connectivity index is 1.99. The van der Waals surface area contributed by atoms with E-state index in [4.69, 9.17) is 0 Å². The van der Waals surface area contributed by atoms with E-state index in [-0.39, 0.29) is 36.5 Å². The Morgan fingerprint density at radius 2 is 2.00 bits per heavy atom. The Kier molecular flexibility index (Phi) is 5.59. The van der Waals surface area contributed by atoms with Crippen molar-refractivity contribution in [3.8, 4) is 0 Å². The molecule has 1 N–H and O–H groups in total. The van der Waals surface area contributed by atoms with Crippen LogP contribution in [-0.4, -0.2) is 47.4 Å². The number of benzene rings is 1. The van der Waals surface area contributed by atoms with Gasteiger partial charge in [-0.2, -0.15) is 13.2 Å². The Hall–Kier alpha value is -2.25. The van der Waals surface area contributed by atoms with Gasteiger partial charge in [-0.3, -0.25) is 4.79 Å².